The molecule has 0 aromatic heterocycles. The highest BCUT2D eigenvalue weighted by Gasteiger charge is 2.33. The summed E-state index contributed by atoms with van der Waals surface area (Å²) in [4.78, 5) is 0. The van der Waals surface area contributed by atoms with Crippen molar-refractivity contribution in [2.45, 2.75) is 39.4 Å². The van der Waals surface area contributed by atoms with Crippen molar-refractivity contribution in [3.05, 3.63) is 0 Å². The minimum atomic E-state index is -0.944. The molecule has 0 spiro atoms. The quantitative estimate of drug-likeness (QED) is 0.397. The number of oxime groups is 1. The first kappa shape index (κ1) is 12.4. The Labute approximate surface area is 79.2 Å². The van der Waals surface area contributed by atoms with E-state index in [1.165, 1.54) is 7.11 Å². The third-order valence-corrected chi connectivity index (χ3v) is 2.22. The Balaban J connectivity index is 4.60. The van der Waals surface area contributed by atoms with E-state index in [0.29, 0.717) is 5.71 Å². The predicted molar refractivity (Wildman–Crippen MR) is 51.2 cm³/mol. The molecular formula is C9H19NO3. The topological polar surface area (TPSA) is 62.0 Å². The molecule has 0 saturated heterocycles. The molecule has 78 valence electrons. The lowest BCUT2D eigenvalue weighted by atomic mass is 9.88. The zero-order valence-corrected chi connectivity index (χ0v) is 8.90. The number of ether oxygens (including phenoxy) is 1. The van der Waals surface area contributed by atoms with E-state index in [9.17, 15) is 5.11 Å². The molecule has 4 heteroatoms. The van der Waals surface area contributed by atoms with Gasteiger partial charge >= 0.3 is 0 Å². The number of aliphatic hydroxyl groups is 1. The lowest BCUT2D eigenvalue weighted by Gasteiger charge is -2.32. The van der Waals surface area contributed by atoms with Gasteiger partial charge in [-0.3, -0.25) is 0 Å². The fraction of sp³-hybridized carbons (Fsp3) is 0.889. The van der Waals surface area contributed by atoms with E-state index in [-0.39, 0.29) is 12.0 Å². The number of hydrogen-bond donors (Lipinski definition) is 2. The van der Waals surface area contributed by atoms with Crippen LogP contribution in [0, 0.1) is 5.92 Å². The van der Waals surface area contributed by atoms with Crippen LogP contribution in [0.2, 0.25) is 0 Å². The van der Waals surface area contributed by atoms with Crippen molar-refractivity contribution >= 4 is 5.71 Å². The lowest BCUT2D eigenvalue weighted by molar-refractivity contribution is -0.0828. The number of nitrogens with zero attached hydrogens (tertiary/aromatic N) is 1. The van der Waals surface area contributed by atoms with E-state index in [2.05, 4.69) is 5.16 Å². The molecule has 4 nitrogen and oxygen atoms in total. The zero-order chi connectivity index (χ0) is 10.6. The number of hydrogen-bond acceptors (Lipinski definition) is 4. The molecule has 0 radical (unpaired) electrons. The van der Waals surface area contributed by atoms with Gasteiger partial charge in [-0.2, -0.15) is 0 Å². The molecule has 0 aliphatic heterocycles. The van der Waals surface area contributed by atoms with Crippen LogP contribution in [0.1, 0.15) is 27.7 Å². The molecule has 0 rings (SSSR count). The predicted octanol–water partition coefficient (Wildman–Crippen LogP) is 1.26. The SMILES string of the molecule is CO[C@H]([C@@H](C)C(C)=NO)C(C)(C)O. The lowest BCUT2D eigenvalue weighted by Crippen LogP contribution is -2.44. The summed E-state index contributed by atoms with van der Waals surface area (Å²) in [5, 5.41) is 21.4. The minimum absolute atomic E-state index is 0.116. The van der Waals surface area contributed by atoms with Crippen molar-refractivity contribution in [3.63, 3.8) is 0 Å². The van der Waals surface area contributed by atoms with Gasteiger partial charge < -0.3 is 15.1 Å². The van der Waals surface area contributed by atoms with Gasteiger partial charge in [0.25, 0.3) is 0 Å². The van der Waals surface area contributed by atoms with Crippen molar-refractivity contribution < 1.29 is 15.1 Å². The Morgan fingerprint density at radius 2 is 1.92 bits per heavy atom. The molecule has 0 aromatic carbocycles. The molecule has 0 heterocycles. The summed E-state index contributed by atoms with van der Waals surface area (Å²) in [6.07, 6.45) is -0.372. The molecule has 0 amide bonds. The van der Waals surface area contributed by atoms with Crippen LogP contribution in [-0.2, 0) is 4.74 Å². The zero-order valence-electron chi connectivity index (χ0n) is 8.90. The number of methoxy groups -OCH3 is 1. The Hall–Kier alpha value is -0.610. The first-order valence-corrected chi connectivity index (χ1v) is 4.28. The second kappa shape index (κ2) is 4.58. The summed E-state index contributed by atoms with van der Waals surface area (Å²) >= 11 is 0. The average Bonchev–Trinajstić information content (AvgIpc) is 2.01. The molecule has 0 aliphatic carbocycles. The Morgan fingerprint density at radius 1 is 1.46 bits per heavy atom. The van der Waals surface area contributed by atoms with Crippen molar-refractivity contribution in [2.75, 3.05) is 7.11 Å². The van der Waals surface area contributed by atoms with Gasteiger partial charge in [-0.25, -0.2) is 0 Å². The van der Waals surface area contributed by atoms with E-state index >= 15 is 0 Å². The molecule has 0 bridgehead atoms. The van der Waals surface area contributed by atoms with E-state index in [1.54, 1.807) is 20.8 Å². The van der Waals surface area contributed by atoms with E-state index in [0.717, 1.165) is 0 Å². The Morgan fingerprint density at radius 3 is 2.15 bits per heavy atom. The normalized spacial score (nSPS) is 18.5. The fourth-order valence-corrected chi connectivity index (χ4v) is 1.41. The monoisotopic (exact) mass is 189 g/mol. The maximum Gasteiger partial charge on any atom is 0.0931 e. The Bertz CT molecular complexity index is 184. The molecule has 2 atom stereocenters. The highest BCUT2D eigenvalue weighted by atomic mass is 16.5. The maximum atomic E-state index is 9.73. The molecule has 0 fully saturated rings. The highest BCUT2D eigenvalue weighted by Crippen LogP contribution is 2.21. The third kappa shape index (κ3) is 3.32. The van der Waals surface area contributed by atoms with Gasteiger partial charge in [0.05, 0.1) is 17.4 Å². The van der Waals surface area contributed by atoms with Gasteiger partial charge in [-0.15, -0.1) is 0 Å². The highest BCUT2D eigenvalue weighted by molar-refractivity contribution is 5.84. The van der Waals surface area contributed by atoms with Crippen molar-refractivity contribution in [1.82, 2.24) is 0 Å². The van der Waals surface area contributed by atoms with Gasteiger partial charge in [-0.05, 0) is 20.8 Å². The van der Waals surface area contributed by atoms with Crippen LogP contribution in [-0.4, -0.2) is 34.8 Å². The van der Waals surface area contributed by atoms with Gasteiger partial charge in [0, 0.05) is 13.0 Å². The number of rotatable bonds is 4. The first-order valence-electron chi connectivity index (χ1n) is 4.28. The molecule has 0 aliphatic rings. The fourth-order valence-electron chi connectivity index (χ4n) is 1.41. The van der Waals surface area contributed by atoms with Gasteiger partial charge in [-0.1, -0.05) is 12.1 Å². The van der Waals surface area contributed by atoms with Crippen LogP contribution < -0.4 is 0 Å². The maximum absolute atomic E-state index is 9.73. The summed E-state index contributed by atoms with van der Waals surface area (Å²) in [6.45, 7) is 6.88. The van der Waals surface area contributed by atoms with E-state index in [4.69, 9.17) is 9.94 Å². The first-order chi connectivity index (χ1) is 5.84. The smallest absolute Gasteiger partial charge is 0.0931 e. The molecule has 2 N–H and O–H groups in total. The van der Waals surface area contributed by atoms with Crippen molar-refractivity contribution in [3.8, 4) is 0 Å². The standard InChI is InChI=1S/C9H19NO3/c1-6(7(2)10-12)8(13-5)9(3,4)11/h6,8,11-12H,1-5H3/t6-,8+/m0/s1. The van der Waals surface area contributed by atoms with Gasteiger partial charge in [0.15, 0.2) is 0 Å². The third-order valence-electron chi connectivity index (χ3n) is 2.22. The van der Waals surface area contributed by atoms with Gasteiger partial charge in [0.1, 0.15) is 0 Å². The largest absolute Gasteiger partial charge is 0.411 e. The summed E-state index contributed by atoms with van der Waals surface area (Å²) in [5.74, 6) is -0.116. The van der Waals surface area contributed by atoms with Crippen LogP contribution in [0.3, 0.4) is 0 Å². The molecule has 13 heavy (non-hydrogen) atoms. The van der Waals surface area contributed by atoms with Gasteiger partial charge in [0.2, 0.25) is 0 Å². The van der Waals surface area contributed by atoms with Crippen molar-refractivity contribution in [2.24, 2.45) is 11.1 Å². The van der Waals surface area contributed by atoms with Crippen LogP contribution in [0.5, 0.6) is 0 Å². The second-order valence-electron chi connectivity index (χ2n) is 3.84. The summed E-state index contributed by atoms with van der Waals surface area (Å²) < 4.78 is 5.16. The average molecular weight is 189 g/mol. The Kier molecular flexibility index (Phi) is 4.36. The summed E-state index contributed by atoms with van der Waals surface area (Å²) in [5.41, 5.74) is -0.394. The molecule has 0 aromatic rings. The second-order valence-corrected chi connectivity index (χ2v) is 3.84. The molecular weight excluding hydrogens is 170 g/mol. The molecule has 0 saturated carbocycles. The van der Waals surface area contributed by atoms with Crippen LogP contribution >= 0.6 is 0 Å². The summed E-state index contributed by atoms with van der Waals surface area (Å²) in [7, 11) is 1.53. The summed E-state index contributed by atoms with van der Waals surface area (Å²) in [6, 6.07) is 0. The minimum Gasteiger partial charge on any atom is -0.411 e. The van der Waals surface area contributed by atoms with E-state index < -0.39 is 5.60 Å². The van der Waals surface area contributed by atoms with Crippen LogP contribution in [0.15, 0.2) is 5.16 Å². The van der Waals surface area contributed by atoms with E-state index in [1.807, 2.05) is 6.92 Å². The van der Waals surface area contributed by atoms with Crippen LogP contribution in [0.4, 0.5) is 0 Å². The van der Waals surface area contributed by atoms with Crippen molar-refractivity contribution in [1.29, 1.82) is 0 Å². The van der Waals surface area contributed by atoms with Crippen LogP contribution in [0.25, 0.3) is 0 Å². The molecule has 0 unspecified atom stereocenters.